The van der Waals surface area contributed by atoms with E-state index in [9.17, 15) is 4.39 Å². The van der Waals surface area contributed by atoms with Crippen LogP contribution in [-0.2, 0) is 6.42 Å². The second-order valence-corrected chi connectivity index (χ2v) is 7.57. The minimum Gasteiger partial charge on any atom is -0.316 e. The molecule has 1 aliphatic rings. The lowest BCUT2D eigenvalue weighted by molar-refractivity contribution is 0.268. The Morgan fingerprint density at radius 2 is 1.77 bits per heavy atom. The maximum atomic E-state index is 13.0. The summed E-state index contributed by atoms with van der Waals surface area (Å²) >= 11 is 6.51. The standard InChI is InChI=1S/C22H28ClFN2/c1-25-20-9-4-10-21(22(20)18-7-2-3-8-19(18)23)26-15-5-6-16-11-13-17(24)14-12-16/h2-3,7-8,11-14,20-22,25-26H,4-6,9-10,15H2,1H3/t20-,21+,22+/m1/s1. The molecule has 3 atom stereocenters. The molecule has 0 amide bonds. The maximum absolute atomic E-state index is 13.0. The SMILES string of the molecule is CN[C@@H]1CCC[C@H](NCCCc2ccc(F)cc2)[C@H]1c1ccccc1Cl. The zero-order chi connectivity index (χ0) is 18.4. The lowest BCUT2D eigenvalue weighted by Crippen LogP contribution is -2.48. The molecule has 26 heavy (non-hydrogen) atoms. The molecule has 0 radical (unpaired) electrons. The van der Waals surface area contributed by atoms with Gasteiger partial charge >= 0.3 is 0 Å². The van der Waals surface area contributed by atoms with Gasteiger partial charge in [0, 0.05) is 23.0 Å². The van der Waals surface area contributed by atoms with Crippen molar-refractivity contribution >= 4 is 11.6 Å². The zero-order valence-electron chi connectivity index (χ0n) is 15.3. The Morgan fingerprint density at radius 3 is 2.50 bits per heavy atom. The van der Waals surface area contributed by atoms with Crippen molar-refractivity contribution < 1.29 is 4.39 Å². The summed E-state index contributed by atoms with van der Waals surface area (Å²) in [5, 5.41) is 8.13. The van der Waals surface area contributed by atoms with Crippen LogP contribution in [0.3, 0.4) is 0 Å². The second-order valence-electron chi connectivity index (χ2n) is 7.16. The first-order chi connectivity index (χ1) is 12.7. The zero-order valence-corrected chi connectivity index (χ0v) is 16.1. The number of aryl methyl sites for hydroxylation is 1. The van der Waals surface area contributed by atoms with Gasteiger partial charge in [-0.1, -0.05) is 48.4 Å². The summed E-state index contributed by atoms with van der Waals surface area (Å²) in [6.07, 6.45) is 5.58. The van der Waals surface area contributed by atoms with Gasteiger partial charge in [-0.2, -0.15) is 0 Å². The molecule has 0 heterocycles. The molecule has 1 saturated carbocycles. The largest absolute Gasteiger partial charge is 0.316 e. The number of hydrogen-bond donors (Lipinski definition) is 2. The molecule has 0 unspecified atom stereocenters. The Kier molecular flexibility index (Phi) is 7.07. The van der Waals surface area contributed by atoms with Gasteiger partial charge in [0.15, 0.2) is 0 Å². The molecule has 0 aliphatic heterocycles. The lowest BCUT2D eigenvalue weighted by Gasteiger charge is -2.39. The van der Waals surface area contributed by atoms with Crippen LogP contribution < -0.4 is 10.6 Å². The molecule has 1 fully saturated rings. The van der Waals surface area contributed by atoms with Gasteiger partial charge in [-0.15, -0.1) is 0 Å². The Hall–Kier alpha value is -1.42. The van der Waals surface area contributed by atoms with Gasteiger partial charge in [-0.3, -0.25) is 0 Å². The van der Waals surface area contributed by atoms with Crippen LogP contribution in [0.15, 0.2) is 48.5 Å². The smallest absolute Gasteiger partial charge is 0.123 e. The molecule has 2 aromatic carbocycles. The molecule has 0 aromatic heterocycles. The van der Waals surface area contributed by atoms with Gasteiger partial charge in [-0.25, -0.2) is 4.39 Å². The van der Waals surface area contributed by atoms with Gasteiger partial charge in [0.2, 0.25) is 0 Å². The van der Waals surface area contributed by atoms with Crippen molar-refractivity contribution in [2.75, 3.05) is 13.6 Å². The van der Waals surface area contributed by atoms with Gasteiger partial charge < -0.3 is 10.6 Å². The summed E-state index contributed by atoms with van der Waals surface area (Å²) in [7, 11) is 2.05. The molecular formula is C22H28ClFN2. The predicted octanol–water partition coefficient (Wildman–Crippen LogP) is 4.93. The van der Waals surface area contributed by atoms with Crippen LogP contribution in [-0.4, -0.2) is 25.7 Å². The second kappa shape index (κ2) is 9.50. The number of halogens is 2. The van der Waals surface area contributed by atoms with E-state index in [0.717, 1.165) is 24.4 Å². The highest BCUT2D eigenvalue weighted by molar-refractivity contribution is 6.31. The van der Waals surface area contributed by atoms with Gasteiger partial charge in [-0.05, 0) is 68.6 Å². The van der Waals surface area contributed by atoms with Crippen LogP contribution in [0.2, 0.25) is 5.02 Å². The minimum atomic E-state index is -0.172. The summed E-state index contributed by atoms with van der Waals surface area (Å²) in [6, 6.07) is 15.9. The molecule has 4 heteroatoms. The fraction of sp³-hybridized carbons (Fsp3) is 0.455. The lowest BCUT2D eigenvalue weighted by atomic mass is 9.76. The Morgan fingerprint density at radius 1 is 1.04 bits per heavy atom. The van der Waals surface area contributed by atoms with E-state index < -0.39 is 0 Å². The van der Waals surface area contributed by atoms with Crippen molar-refractivity contribution in [2.45, 2.75) is 50.1 Å². The molecule has 1 aliphatic carbocycles. The topological polar surface area (TPSA) is 24.1 Å². The monoisotopic (exact) mass is 374 g/mol. The van der Waals surface area contributed by atoms with E-state index in [-0.39, 0.29) is 5.82 Å². The minimum absolute atomic E-state index is 0.172. The van der Waals surface area contributed by atoms with Gasteiger partial charge in [0.05, 0.1) is 0 Å². The molecule has 2 N–H and O–H groups in total. The number of hydrogen-bond acceptors (Lipinski definition) is 2. The Balaban J connectivity index is 1.61. The molecule has 2 aromatic rings. The summed E-state index contributed by atoms with van der Waals surface area (Å²) in [5.74, 6) is 0.211. The highest BCUT2D eigenvalue weighted by Crippen LogP contribution is 2.36. The summed E-state index contributed by atoms with van der Waals surface area (Å²) in [5.41, 5.74) is 2.43. The van der Waals surface area contributed by atoms with Crippen molar-refractivity contribution in [1.82, 2.24) is 10.6 Å². The van der Waals surface area contributed by atoms with Crippen LogP contribution >= 0.6 is 11.6 Å². The van der Waals surface area contributed by atoms with Crippen molar-refractivity contribution in [2.24, 2.45) is 0 Å². The summed E-state index contributed by atoms with van der Waals surface area (Å²) in [4.78, 5) is 0. The van der Waals surface area contributed by atoms with E-state index >= 15 is 0 Å². The number of rotatable bonds is 7. The molecule has 140 valence electrons. The van der Waals surface area contributed by atoms with E-state index in [1.807, 2.05) is 31.3 Å². The van der Waals surface area contributed by atoms with Crippen molar-refractivity contribution in [3.05, 3.63) is 70.5 Å². The fourth-order valence-corrected chi connectivity index (χ4v) is 4.42. The fourth-order valence-electron chi connectivity index (χ4n) is 4.16. The first-order valence-electron chi connectivity index (χ1n) is 9.58. The van der Waals surface area contributed by atoms with Crippen LogP contribution in [0.1, 0.15) is 42.7 Å². The number of benzene rings is 2. The van der Waals surface area contributed by atoms with Gasteiger partial charge in [0.1, 0.15) is 5.82 Å². The third-order valence-corrected chi connectivity index (χ3v) is 5.84. The highest BCUT2D eigenvalue weighted by Gasteiger charge is 2.34. The maximum Gasteiger partial charge on any atom is 0.123 e. The normalized spacial score (nSPS) is 23.1. The predicted molar refractivity (Wildman–Crippen MR) is 107 cm³/mol. The van der Waals surface area contributed by atoms with Gasteiger partial charge in [0.25, 0.3) is 0 Å². The Labute approximate surface area is 161 Å². The van der Waals surface area contributed by atoms with E-state index in [4.69, 9.17) is 11.6 Å². The molecule has 0 saturated heterocycles. The van der Waals surface area contributed by atoms with Crippen LogP contribution in [0.5, 0.6) is 0 Å². The van der Waals surface area contributed by atoms with Crippen molar-refractivity contribution in [3.8, 4) is 0 Å². The molecule has 3 rings (SSSR count). The molecule has 2 nitrogen and oxygen atoms in total. The molecule has 0 bridgehead atoms. The van der Waals surface area contributed by atoms with Crippen LogP contribution in [0.4, 0.5) is 4.39 Å². The molecule has 0 spiro atoms. The van der Waals surface area contributed by atoms with E-state index in [0.29, 0.717) is 18.0 Å². The van der Waals surface area contributed by atoms with E-state index in [1.165, 1.54) is 42.5 Å². The molecular weight excluding hydrogens is 347 g/mol. The summed E-state index contributed by atoms with van der Waals surface area (Å²) in [6.45, 7) is 0.958. The highest BCUT2D eigenvalue weighted by atomic mass is 35.5. The van der Waals surface area contributed by atoms with E-state index in [2.05, 4.69) is 22.8 Å². The van der Waals surface area contributed by atoms with Crippen LogP contribution in [0.25, 0.3) is 0 Å². The van der Waals surface area contributed by atoms with Crippen molar-refractivity contribution in [3.63, 3.8) is 0 Å². The first kappa shape index (κ1) is 19.3. The average Bonchev–Trinajstić information content (AvgIpc) is 2.67. The third-order valence-electron chi connectivity index (χ3n) is 5.49. The third kappa shape index (κ3) is 4.85. The number of nitrogens with one attached hydrogen (secondary N) is 2. The summed E-state index contributed by atoms with van der Waals surface area (Å²) < 4.78 is 13.0. The first-order valence-corrected chi connectivity index (χ1v) is 9.96. The Bertz CT molecular complexity index is 689. The van der Waals surface area contributed by atoms with Crippen LogP contribution in [0, 0.1) is 5.82 Å². The average molecular weight is 375 g/mol. The quantitative estimate of drug-likeness (QED) is 0.672. The van der Waals surface area contributed by atoms with Crippen molar-refractivity contribution in [1.29, 1.82) is 0 Å². The van der Waals surface area contributed by atoms with E-state index in [1.54, 1.807) is 0 Å². The number of likely N-dealkylation sites (N-methyl/N-ethyl adjacent to an activating group) is 1.